The minimum Gasteiger partial charge on any atom is -0.334 e. The quantitative estimate of drug-likeness (QED) is 0.852. The Morgan fingerprint density at radius 3 is 2.65 bits per heavy atom. The van der Waals surface area contributed by atoms with Crippen molar-refractivity contribution in [1.82, 2.24) is 9.88 Å². The van der Waals surface area contributed by atoms with Crippen molar-refractivity contribution in [3.63, 3.8) is 0 Å². The molecule has 1 N–H and O–H groups in total. The van der Waals surface area contributed by atoms with E-state index in [1.54, 1.807) is 12.1 Å². The van der Waals surface area contributed by atoms with Gasteiger partial charge in [-0.05, 0) is 37.7 Å². The Hall–Kier alpha value is -1.58. The zero-order chi connectivity index (χ0) is 11.8. The lowest BCUT2D eigenvalue weighted by atomic mass is 10.2. The smallest absolute Gasteiger partial charge is 0.270 e. The molecule has 17 heavy (non-hydrogen) atoms. The lowest BCUT2D eigenvalue weighted by Gasteiger charge is -2.22. The van der Waals surface area contributed by atoms with Gasteiger partial charge in [0, 0.05) is 18.7 Å². The predicted octanol–water partition coefficient (Wildman–Crippen LogP) is 1.39. The third-order valence-electron chi connectivity index (χ3n) is 3.40. The van der Waals surface area contributed by atoms with Crippen LogP contribution in [-0.2, 0) is 0 Å². The summed E-state index contributed by atoms with van der Waals surface area (Å²) in [6, 6.07) is 5.16. The molecule has 0 spiro atoms. The molecule has 4 heteroatoms. The van der Waals surface area contributed by atoms with Crippen molar-refractivity contribution in [2.75, 3.05) is 6.54 Å². The van der Waals surface area contributed by atoms with Gasteiger partial charge in [0.25, 0.3) is 5.91 Å². The largest absolute Gasteiger partial charge is 0.334 e. The zero-order valence-electron chi connectivity index (χ0n) is 9.69. The molecule has 0 radical (unpaired) electrons. The Morgan fingerprint density at radius 1 is 1.29 bits per heavy atom. The van der Waals surface area contributed by atoms with E-state index in [2.05, 4.69) is 4.98 Å². The Morgan fingerprint density at radius 2 is 2.06 bits per heavy atom. The number of carbonyl (C=O) groups excluding carboxylic acids is 1. The number of amides is 1. The number of rotatable bonds is 4. The van der Waals surface area contributed by atoms with Crippen LogP contribution in [0.3, 0.4) is 0 Å². The fourth-order valence-corrected chi connectivity index (χ4v) is 2.09. The minimum atomic E-state index is -0.210. The van der Waals surface area contributed by atoms with Crippen LogP contribution >= 0.6 is 0 Å². The summed E-state index contributed by atoms with van der Waals surface area (Å²) in [6.07, 6.45) is 4.69. The number of aromatic amines is 1. The SMILES string of the molecule is O=C(c1cccc(=O)[nH]1)N(CC1CC1)C1CC1. The van der Waals surface area contributed by atoms with Gasteiger partial charge in [-0.2, -0.15) is 0 Å². The van der Waals surface area contributed by atoms with Gasteiger partial charge >= 0.3 is 0 Å². The highest BCUT2D eigenvalue weighted by Crippen LogP contribution is 2.35. The van der Waals surface area contributed by atoms with E-state index in [-0.39, 0.29) is 11.5 Å². The monoisotopic (exact) mass is 232 g/mol. The van der Waals surface area contributed by atoms with Gasteiger partial charge < -0.3 is 9.88 Å². The van der Waals surface area contributed by atoms with E-state index in [0.29, 0.717) is 17.7 Å². The molecular weight excluding hydrogens is 216 g/mol. The first-order valence-corrected chi connectivity index (χ1v) is 6.24. The third kappa shape index (κ3) is 2.40. The topological polar surface area (TPSA) is 53.2 Å². The second kappa shape index (κ2) is 4.02. The van der Waals surface area contributed by atoms with Crippen LogP contribution in [0.4, 0.5) is 0 Å². The number of aromatic nitrogens is 1. The lowest BCUT2D eigenvalue weighted by Crippen LogP contribution is -2.36. The fraction of sp³-hybridized carbons (Fsp3) is 0.538. The van der Waals surface area contributed by atoms with Crippen molar-refractivity contribution < 1.29 is 4.79 Å². The molecule has 2 aliphatic rings. The number of hydrogen-bond donors (Lipinski definition) is 1. The van der Waals surface area contributed by atoms with Gasteiger partial charge in [-0.25, -0.2) is 0 Å². The number of hydrogen-bond acceptors (Lipinski definition) is 2. The van der Waals surface area contributed by atoms with Gasteiger partial charge in [0.2, 0.25) is 5.56 Å². The maximum absolute atomic E-state index is 12.3. The fourth-order valence-electron chi connectivity index (χ4n) is 2.09. The van der Waals surface area contributed by atoms with Crippen molar-refractivity contribution in [3.8, 4) is 0 Å². The molecule has 1 aromatic rings. The molecule has 0 bridgehead atoms. The highest BCUT2D eigenvalue weighted by molar-refractivity contribution is 5.92. The molecule has 1 amide bonds. The van der Waals surface area contributed by atoms with Gasteiger partial charge in [0.05, 0.1) is 0 Å². The summed E-state index contributed by atoms with van der Waals surface area (Å²) in [4.78, 5) is 28.1. The summed E-state index contributed by atoms with van der Waals surface area (Å²) >= 11 is 0. The summed E-state index contributed by atoms with van der Waals surface area (Å²) in [5.41, 5.74) is 0.211. The molecule has 0 atom stereocenters. The Kier molecular flexibility index (Phi) is 2.50. The average Bonchev–Trinajstić information content (AvgIpc) is 3.16. The molecule has 2 fully saturated rings. The normalized spacial score (nSPS) is 19.1. The maximum atomic E-state index is 12.3. The number of nitrogens with zero attached hydrogens (tertiary/aromatic N) is 1. The molecule has 0 unspecified atom stereocenters. The minimum absolute atomic E-state index is 0.0166. The highest BCUT2D eigenvalue weighted by atomic mass is 16.2. The van der Waals surface area contributed by atoms with Gasteiger partial charge in [-0.15, -0.1) is 0 Å². The van der Waals surface area contributed by atoms with E-state index < -0.39 is 0 Å². The Bertz CT molecular complexity index is 486. The van der Waals surface area contributed by atoms with Crippen LogP contribution in [-0.4, -0.2) is 28.4 Å². The van der Waals surface area contributed by atoms with Gasteiger partial charge in [0.1, 0.15) is 5.69 Å². The van der Waals surface area contributed by atoms with Gasteiger partial charge in [-0.3, -0.25) is 9.59 Å². The van der Waals surface area contributed by atoms with E-state index in [1.807, 2.05) is 4.90 Å². The van der Waals surface area contributed by atoms with E-state index in [4.69, 9.17) is 0 Å². The molecule has 3 rings (SSSR count). The third-order valence-corrected chi connectivity index (χ3v) is 3.40. The average molecular weight is 232 g/mol. The van der Waals surface area contributed by atoms with Crippen LogP contribution in [0, 0.1) is 5.92 Å². The van der Waals surface area contributed by atoms with Crippen LogP contribution < -0.4 is 5.56 Å². The second-order valence-corrected chi connectivity index (χ2v) is 5.06. The predicted molar refractivity (Wildman–Crippen MR) is 63.8 cm³/mol. The summed E-state index contributed by atoms with van der Waals surface area (Å²) in [7, 11) is 0. The van der Waals surface area contributed by atoms with Crippen molar-refractivity contribution >= 4 is 5.91 Å². The lowest BCUT2D eigenvalue weighted by molar-refractivity contribution is 0.0728. The first kappa shape index (κ1) is 10.6. The van der Waals surface area contributed by atoms with E-state index >= 15 is 0 Å². The number of nitrogens with one attached hydrogen (secondary N) is 1. The summed E-state index contributed by atoms with van der Waals surface area (Å²) < 4.78 is 0. The van der Waals surface area contributed by atoms with Crippen LogP contribution in [0.15, 0.2) is 23.0 Å². The molecule has 0 aliphatic heterocycles. The molecule has 2 aliphatic carbocycles. The molecule has 4 nitrogen and oxygen atoms in total. The van der Waals surface area contributed by atoms with Crippen LogP contribution in [0.2, 0.25) is 0 Å². The molecule has 1 aromatic heterocycles. The van der Waals surface area contributed by atoms with Crippen molar-refractivity contribution in [3.05, 3.63) is 34.2 Å². The van der Waals surface area contributed by atoms with Crippen molar-refractivity contribution in [2.45, 2.75) is 31.7 Å². The molecule has 90 valence electrons. The summed E-state index contributed by atoms with van der Waals surface area (Å²) in [5, 5.41) is 0. The van der Waals surface area contributed by atoms with Gasteiger partial charge in [-0.1, -0.05) is 6.07 Å². The first-order chi connectivity index (χ1) is 8.24. The first-order valence-electron chi connectivity index (χ1n) is 6.24. The molecule has 1 heterocycles. The van der Waals surface area contributed by atoms with Crippen molar-refractivity contribution in [2.24, 2.45) is 5.92 Å². The maximum Gasteiger partial charge on any atom is 0.270 e. The van der Waals surface area contributed by atoms with Crippen LogP contribution in [0.5, 0.6) is 0 Å². The van der Waals surface area contributed by atoms with Crippen molar-refractivity contribution in [1.29, 1.82) is 0 Å². The Labute approximate surface area is 99.6 Å². The second-order valence-electron chi connectivity index (χ2n) is 5.06. The summed E-state index contributed by atoms with van der Waals surface area (Å²) in [5.74, 6) is 0.673. The summed E-state index contributed by atoms with van der Waals surface area (Å²) in [6.45, 7) is 0.862. The standard InChI is InChI=1S/C13H16N2O2/c16-12-3-1-2-11(14-12)13(17)15(10-6-7-10)8-9-4-5-9/h1-3,9-10H,4-8H2,(H,14,16). The molecular formula is C13H16N2O2. The van der Waals surface area contributed by atoms with E-state index in [1.165, 1.54) is 18.9 Å². The number of carbonyl (C=O) groups is 1. The number of H-pyrrole nitrogens is 1. The van der Waals surface area contributed by atoms with Crippen LogP contribution in [0.25, 0.3) is 0 Å². The van der Waals surface area contributed by atoms with Crippen LogP contribution in [0.1, 0.15) is 36.2 Å². The molecule has 0 saturated heterocycles. The molecule has 0 aromatic carbocycles. The highest BCUT2D eigenvalue weighted by Gasteiger charge is 2.37. The molecule has 2 saturated carbocycles. The number of pyridine rings is 1. The van der Waals surface area contributed by atoms with E-state index in [0.717, 1.165) is 19.4 Å². The Balaban J connectivity index is 1.79. The zero-order valence-corrected chi connectivity index (χ0v) is 9.69. The van der Waals surface area contributed by atoms with E-state index in [9.17, 15) is 9.59 Å². The van der Waals surface area contributed by atoms with Gasteiger partial charge in [0.15, 0.2) is 0 Å².